The first-order valence-electron chi connectivity index (χ1n) is 5.90. The number of rotatable bonds is 4. The minimum atomic E-state index is -0.431. The van der Waals surface area contributed by atoms with E-state index in [1.807, 2.05) is 24.3 Å². The summed E-state index contributed by atoms with van der Waals surface area (Å²) in [4.78, 5) is 10.5. The van der Waals surface area contributed by atoms with Crippen LogP contribution in [-0.4, -0.2) is 4.92 Å². The van der Waals surface area contributed by atoms with Gasteiger partial charge in [0, 0.05) is 16.8 Å². The lowest BCUT2D eigenvalue weighted by molar-refractivity contribution is -0.383. The molecule has 0 bridgehead atoms. The molecule has 0 amide bonds. The SMILES string of the molecule is CCc1ccc(Nc2cc(Cl)ccc2[N+](=O)[O-])cc1. The fourth-order valence-corrected chi connectivity index (χ4v) is 1.92. The second-order valence-electron chi connectivity index (χ2n) is 4.09. The lowest BCUT2D eigenvalue weighted by atomic mass is 10.1. The average molecular weight is 277 g/mol. The summed E-state index contributed by atoms with van der Waals surface area (Å²) >= 11 is 5.87. The first-order valence-corrected chi connectivity index (χ1v) is 6.28. The lowest BCUT2D eigenvalue weighted by Gasteiger charge is -2.08. The maximum atomic E-state index is 10.9. The van der Waals surface area contributed by atoms with E-state index in [4.69, 9.17) is 11.6 Å². The molecule has 5 heteroatoms. The van der Waals surface area contributed by atoms with Gasteiger partial charge in [0.25, 0.3) is 5.69 Å². The van der Waals surface area contributed by atoms with E-state index in [1.165, 1.54) is 17.7 Å². The van der Waals surface area contributed by atoms with Gasteiger partial charge in [0.15, 0.2) is 0 Å². The summed E-state index contributed by atoms with van der Waals surface area (Å²) in [6.07, 6.45) is 0.956. The Balaban J connectivity index is 2.31. The summed E-state index contributed by atoms with van der Waals surface area (Å²) in [5, 5.41) is 14.4. The van der Waals surface area contributed by atoms with Crippen LogP contribution in [0.5, 0.6) is 0 Å². The molecule has 0 unspecified atom stereocenters. The van der Waals surface area contributed by atoms with Crippen LogP contribution in [0.15, 0.2) is 42.5 Å². The number of aryl methyl sites for hydroxylation is 1. The van der Waals surface area contributed by atoms with Gasteiger partial charge in [-0.1, -0.05) is 30.7 Å². The van der Waals surface area contributed by atoms with Gasteiger partial charge in [-0.25, -0.2) is 0 Å². The predicted octanol–water partition coefficient (Wildman–Crippen LogP) is 4.55. The van der Waals surface area contributed by atoms with Crippen molar-refractivity contribution >= 4 is 28.7 Å². The number of nitro benzene ring substituents is 1. The van der Waals surface area contributed by atoms with Gasteiger partial charge in [0.1, 0.15) is 5.69 Å². The van der Waals surface area contributed by atoms with Crippen molar-refractivity contribution in [1.82, 2.24) is 0 Å². The minimum Gasteiger partial charge on any atom is -0.350 e. The van der Waals surface area contributed by atoms with E-state index in [9.17, 15) is 10.1 Å². The van der Waals surface area contributed by atoms with E-state index in [1.54, 1.807) is 6.07 Å². The number of benzene rings is 2. The maximum absolute atomic E-state index is 10.9. The van der Waals surface area contributed by atoms with E-state index < -0.39 is 4.92 Å². The molecule has 2 aromatic carbocycles. The number of halogens is 1. The van der Waals surface area contributed by atoms with Crippen molar-refractivity contribution < 1.29 is 4.92 Å². The Hall–Kier alpha value is -2.07. The summed E-state index contributed by atoms with van der Waals surface area (Å²) in [6.45, 7) is 2.07. The molecule has 0 atom stereocenters. The van der Waals surface area contributed by atoms with Gasteiger partial charge in [-0.15, -0.1) is 0 Å². The smallest absolute Gasteiger partial charge is 0.292 e. The van der Waals surface area contributed by atoms with Crippen molar-refractivity contribution in [3.05, 3.63) is 63.2 Å². The van der Waals surface area contributed by atoms with Crippen LogP contribution in [0.3, 0.4) is 0 Å². The third kappa shape index (κ3) is 3.23. The summed E-state index contributed by atoms with van der Waals surface area (Å²) in [5.41, 5.74) is 2.40. The number of hydrogen-bond donors (Lipinski definition) is 1. The Labute approximate surface area is 116 Å². The van der Waals surface area contributed by atoms with Crippen molar-refractivity contribution in [3.63, 3.8) is 0 Å². The number of anilines is 2. The molecule has 2 aromatic rings. The van der Waals surface area contributed by atoms with Crippen molar-refractivity contribution in [3.8, 4) is 0 Å². The Morgan fingerprint density at radius 1 is 1.21 bits per heavy atom. The summed E-state index contributed by atoms with van der Waals surface area (Å²) in [5.74, 6) is 0. The fraction of sp³-hybridized carbons (Fsp3) is 0.143. The van der Waals surface area contributed by atoms with Gasteiger partial charge >= 0.3 is 0 Å². The van der Waals surface area contributed by atoms with Crippen LogP contribution in [0, 0.1) is 10.1 Å². The Bertz CT molecular complexity index is 597. The highest BCUT2D eigenvalue weighted by molar-refractivity contribution is 6.31. The highest BCUT2D eigenvalue weighted by Gasteiger charge is 2.13. The van der Waals surface area contributed by atoms with E-state index in [-0.39, 0.29) is 5.69 Å². The molecule has 0 aliphatic heterocycles. The average Bonchev–Trinajstić information content (AvgIpc) is 2.39. The normalized spacial score (nSPS) is 10.2. The molecule has 0 aromatic heterocycles. The molecule has 0 radical (unpaired) electrons. The molecule has 0 spiro atoms. The molecule has 1 N–H and O–H groups in total. The molecule has 0 saturated carbocycles. The minimum absolute atomic E-state index is 0.00367. The van der Waals surface area contributed by atoms with Crippen LogP contribution in [0.2, 0.25) is 5.02 Å². The van der Waals surface area contributed by atoms with Crippen molar-refractivity contribution in [2.75, 3.05) is 5.32 Å². The van der Waals surface area contributed by atoms with Crippen LogP contribution < -0.4 is 5.32 Å². The maximum Gasteiger partial charge on any atom is 0.292 e. The standard InChI is InChI=1S/C14H13ClN2O2/c1-2-10-3-6-12(7-4-10)16-13-9-11(15)5-8-14(13)17(18)19/h3-9,16H,2H2,1H3. The quantitative estimate of drug-likeness (QED) is 0.658. The molecule has 2 rings (SSSR count). The van der Waals surface area contributed by atoms with Gasteiger partial charge in [0.05, 0.1) is 4.92 Å². The van der Waals surface area contributed by atoms with E-state index in [2.05, 4.69) is 12.2 Å². The zero-order valence-electron chi connectivity index (χ0n) is 10.4. The molecule has 19 heavy (non-hydrogen) atoms. The second-order valence-corrected chi connectivity index (χ2v) is 4.53. The van der Waals surface area contributed by atoms with Gasteiger partial charge in [-0.2, -0.15) is 0 Å². The van der Waals surface area contributed by atoms with Crippen LogP contribution in [0.25, 0.3) is 0 Å². The fourth-order valence-electron chi connectivity index (χ4n) is 1.75. The number of hydrogen-bond acceptors (Lipinski definition) is 3. The number of nitrogens with zero attached hydrogens (tertiary/aromatic N) is 1. The Kier molecular flexibility index (Phi) is 4.02. The number of nitrogens with one attached hydrogen (secondary N) is 1. The van der Waals surface area contributed by atoms with Gasteiger partial charge in [0.2, 0.25) is 0 Å². The van der Waals surface area contributed by atoms with E-state index >= 15 is 0 Å². The summed E-state index contributed by atoms with van der Waals surface area (Å²) < 4.78 is 0. The molecule has 0 aliphatic carbocycles. The zero-order valence-corrected chi connectivity index (χ0v) is 11.1. The molecule has 98 valence electrons. The summed E-state index contributed by atoms with van der Waals surface area (Å²) in [7, 11) is 0. The second kappa shape index (κ2) is 5.71. The van der Waals surface area contributed by atoms with Crippen molar-refractivity contribution in [2.24, 2.45) is 0 Å². The highest BCUT2D eigenvalue weighted by Crippen LogP contribution is 2.30. The Morgan fingerprint density at radius 2 is 1.89 bits per heavy atom. The van der Waals surface area contributed by atoms with Crippen molar-refractivity contribution in [2.45, 2.75) is 13.3 Å². The molecular weight excluding hydrogens is 264 g/mol. The van der Waals surface area contributed by atoms with Gasteiger partial charge in [-0.3, -0.25) is 10.1 Å². The Morgan fingerprint density at radius 3 is 2.47 bits per heavy atom. The zero-order chi connectivity index (χ0) is 13.8. The van der Waals surface area contributed by atoms with Gasteiger partial charge in [-0.05, 0) is 36.2 Å². The summed E-state index contributed by atoms with van der Waals surface area (Å²) in [6, 6.07) is 12.2. The van der Waals surface area contributed by atoms with Gasteiger partial charge < -0.3 is 5.32 Å². The van der Waals surface area contributed by atoms with Crippen molar-refractivity contribution in [1.29, 1.82) is 0 Å². The first kappa shape index (κ1) is 13.4. The molecule has 0 heterocycles. The molecule has 0 saturated heterocycles. The molecule has 0 aliphatic rings. The third-order valence-corrected chi connectivity index (χ3v) is 3.03. The number of nitro groups is 1. The highest BCUT2D eigenvalue weighted by atomic mass is 35.5. The van der Waals surface area contributed by atoms with E-state index in [0.29, 0.717) is 10.7 Å². The van der Waals surface area contributed by atoms with Crippen LogP contribution >= 0.6 is 11.6 Å². The van der Waals surface area contributed by atoms with Crippen LogP contribution in [0.1, 0.15) is 12.5 Å². The topological polar surface area (TPSA) is 55.2 Å². The molecule has 0 fully saturated rings. The van der Waals surface area contributed by atoms with Crippen LogP contribution in [-0.2, 0) is 6.42 Å². The largest absolute Gasteiger partial charge is 0.350 e. The first-order chi connectivity index (χ1) is 9.10. The lowest BCUT2D eigenvalue weighted by Crippen LogP contribution is -1.97. The van der Waals surface area contributed by atoms with Crippen LogP contribution in [0.4, 0.5) is 17.1 Å². The molecule has 4 nitrogen and oxygen atoms in total. The van der Waals surface area contributed by atoms with E-state index in [0.717, 1.165) is 12.1 Å². The third-order valence-electron chi connectivity index (χ3n) is 2.80. The molecular formula is C14H13ClN2O2. The predicted molar refractivity (Wildman–Crippen MR) is 77.2 cm³/mol. The monoisotopic (exact) mass is 276 g/mol.